The van der Waals surface area contributed by atoms with Gasteiger partial charge in [0.2, 0.25) is 5.78 Å². The normalized spacial score (nSPS) is 16.4. The van der Waals surface area contributed by atoms with Crippen molar-refractivity contribution in [3.8, 4) is 0 Å². The van der Waals surface area contributed by atoms with E-state index in [0.717, 1.165) is 22.6 Å². The lowest BCUT2D eigenvalue weighted by molar-refractivity contribution is -0.117. The van der Waals surface area contributed by atoms with Gasteiger partial charge in [-0.1, -0.05) is 49.4 Å². The smallest absolute Gasteiger partial charge is 0.294 e. The fourth-order valence-electron chi connectivity index (χ4n) is 3.81. The molecule has 6 heteroatoms. The fourth-order valence-corrected chi connectivity index (χ4v) is 4.68. The molecule has 2 heterocycles. The molecule has 1 aromatic heterocycles. The van der Waals surface area contributed by atoms with Crippen LogP contribution in [-0.2, 0) is 11.2 Å². The van der Waals surface area contributed by atoms with Crippen molar-refractivity contribution >= 4 is 28.7 Å². The van der Waals surface area contributed by atoms with E-state index in [1.807, 2.05) is 49.4 Å². The van der Waals surface area contributed by atoms with Gasteiger partial charge in [0.15, 0.2) is 5.76 Å². The number of hydrogen-bond donors (Lipinski definition) is 1. The molecule has 1 unspecified atom stereocenters. The highest BCUT2D eigenvalue weighted by molar-refractivity contribution is 7.14. The molecule has 0 saturated heterocycles. The molecule has 4 rings (SSSR count). The van der Waals surface area contributed by atoms with Crippen LogP contribution in [-0.4, -0.2) is 21.8 Å². The Morgan fingerprint density at radius 2 is 1.77 bits per heavy atom. The number of thiazole rings is 1. The standard InChI is InChI=1S/C24H22N2O3S/c1-4-16-10-12-17(13-11-16)20-19(21(27)23-14(2)25-15(3)30-23)22(28)24(29)26(20)18-8-6-5-7-9-18/h5-13,20,28H,4H2,1-3H3. The summed E-state index contributed by atoms with van der Waals surface area (Å²) in [5.41, 5.74) is 3.26. The minimum absolute atomic E-state index is 0.0971. The molecule has 1 N–H and O–H groups in total. The first-order valence-corrected chi connectivity index (χ1v) is 10.6. The minimum Gasteiger partial charge on any atom is -0.503 e. The number of Topliss-reactive ketones (excluding diaryl/α,β-unsaturated/α-hetero) is 1. The largest absolute Gasteiger partial charge is 0.503 e. The number of carbonyl (C=O) groups excluding carboxylic acids is 2. The van der Waals surface area contributed by atoms with E-state index in [1.165, 1.54) is 16.2 Å². The van der Waals surface area contributed by atoms with Crippen LogP contribution in [0.2, 0.25) is 0 Å². The van der Waals surface area contributed by atoms with Crippen LogP contribution >= 0.6 is 11.3 Å². The lowest BCUT2D eigenvalue weighted by atomic mass is 9.94. The third-order valence-electron chi connectivity index (χ3n) is 5.30. The number of aromatic nitrogens is 1. The molecule has 152 valence electrons. The summed E-state index contributed by atoms with van der Waals surface area (Å²) in [5, 5.41) is 11.6. The average molecular weight is 419 g/mol. The van der Waals surface area contributed by atoms with Gasteiger partial charge in [-0.3, -0.25) is 14.5 Å². The van der Waals surface area contributed by atoms with Gasteiger partial charge in [-0.2, -0.15) is 0 Å². The summed E-state index contributed by atoms with van der Waals surface area (Å²) in [5.74, 6) is -1.43. The molecule has 5 nitrogen and oxygen atoms in total. The number of aliphatic hydroxyl groups excluding tert-OH is 1. The summed E-state index contributed by atoms with van der Waals surface area (Å²) < 4.78 is 0. The topological polar surface area (TPSA) is 70.5 Å². The summed E-state index contributed by atoms with van der Waals surface area (Å²) in [6.45, 7) is 5.67. The summed E-state index contributed by atoms with van der Waals surface area (Å²) in [7, 11) is 0. The molecule has 0 radical (unpaired) electrons. The van der Waals surface area contributed by atoms with Crippen LogP contribution in [0.5, 0.6) is 0 Å². The van der Waals surface area contributed by atoms with Crippen LogP contribution in [0.4, 0.5) is 5.69 Å². The van der Waals surface area contributed by atoms with Gasteiger partial charge in [0.25, 0.3) is 5.91 Å². The van der Waals surface area contributed by atoms with Crippen LogP contribution in [0.25, 0.3) is 0 Å². The molecule has 2 aromatic carbocycles. The van der Waals surface area contributed by atoms with Gasteiger partial charge in [0, 0.05) is 5.69 Å². The first-order chi connectivity index (χ1) is 14.4. The molecule has 1 aliphatic heterocycles. The molecule has 1 atom stereocenters. The Morgan fingerprint density at radius 1 is 1.10 bits per heavy atom. The van der Waals surface area contributed by atoms with Gasteiger partial charge < -0.3 is 5.11 Å². The first-order valence-electron chi connectivity index (χ1n) is 9.81. The van der Waals surface area contributed by atoms with Crippen LogP contribution in [0, 0.1) is 13.8 Å². The van der Waals surface area contributed by atoms with Gasteiger partial charge in [-0.25, -0.2) is 4.98 Å². The quantitative estimate of drug-likeness (QED) is 0.585. The van der Waals surface area contributed by atoms with Gasteiger partial charge in [0.05, 0.1) is 27.2 Å². The van der Waals surface area contributed by atoms with Crippen LogP contribution in [0.1, 0.15) is 44.5 Å². The monoisotopic (exact) mass is 418 g/mol. The Morgan fingerprint density at radius 3 is 2.33 bits per heavy atom. The number of rotatable bonds is 5. The molecular weight excluding hydrogens is 396 g/mol. The number of hydrogen-bond acceptors (Lipinski definition) is 5. The van der Waals surface area contributed by atoms with Crippen molar-refractivity contribution in [2.45, 2.75) is 33.2 Å². The predicted octanol–water partition coefficient (Wildman–Crippen LogP) is 5.11. The number of benzene rings is 2. The van der Waals surface area contributed by atoms with Crippen molar-refractivity contribution in [3.05, 3.63) is 92.6 Å². The highest BCUT2D eigenvalue weighted by Gasteiger charge is 2.45. The maximum Gasteiger partial charge on any atom is 0.294 e. The Hall–Kier alpha value is -3.25. The van der Waals surface area contributed by atoms with Gasteiger partial charge in [-0.05, 0) is 43.5 Å². The van der Waals surface area contributed by atoms with E-state index in [4.69, 9.17) is 0 Å². The Labute approximate surface area is 179 Å². The van der Waals surface area contributed by atoms with Gasteiger partial charge >= 0.3 is 0 Å². The highest BCUT2D eigenvalue weighted by atomic mass is 32.1. The zero-order valence-corrected chi connectivity index (χ0v) is 17.9. The lowest BCUT2D eigenvalue weighted by Crippen LogP contribution is -2.31. The molecule has 0 fully saturated rings. The second-order valence-electron chi connectivity index (χ2n) is 7.25. The Bertz CT molecular complexity index is 1150. The number of ketones is 1. The number of carbonyl (C=O) groups is 2. The van der Waals surface area contributed by atoms with E-state index in [0.29, 0.717) is 16.3 Å². The molecule has 1 amide bonds. The van der Waals surface area contributed by atoms with E-state index >= 15 is 0 Å². The number of nitrogens with zero attached hydrogens (tertiary/aromatic N) is 2. The number of amides is 1. The van der Waals surface area contributed by atoms with E-state index in [1.54, 1.807) is 19.1 Å². The maximum atomic E-state index is 13.5. The van der Waals surface area contributed by atoms with Crippen molar-refractivity contribution in [3.63, 3.8) is 0 Å². The molecule has 0 saturated carbocycles. The van der Waals surface area contributed by atoms with Crippen molar-refractivity contribution in [2.24, 2.45) is 0 Å². The summed E-state index contributed by atoms with van der Waals surface area (Å²) in [6, 6.07) is 16.2. The van der Waals surface area contributed by atoms with E-state index in [-0.39, 0.29) is 11.4 Å². The molecule has 30 heavy (non-hydrogen) atoms. The zero-order chi connectivity index (χ0) is 21.4. The first kappa shape index (κ1) is 20.0. The predicted molar refractivity (Wildman–Crippen MR) is 118 cm³/mol. The van der Waals surface area contributed by atoms with E-state index < -0.39 is 17.7 Å². The van der Waals surface area contributed by atoms with Crippen molar-refractivity contribution in [1.29, 1.82) is 0 Å². The summed E-state index contributed by atoms with van der Waals surface area (Å²) in [4.78, 5) is 32.9. The van der Waals surface area contributed by atoms with Gasteiger partial charge in [-0.15, -0.1) is 11.3 Å². The molecule has 3 aromatic rings. The van der Waals surface area contributed by atoms with Gasteiger partial charge in [0.1, 0.15) is 0 Å². The third kappa shape index (κ3) is 3.33. The molecular formula is C24H22N2O3S. The number of para-hydroxylation sites is 1. The van der Waals surface area contributed by atoms with Crippen LogP contribution in [0.3, 0.4) is 0 Å². The summed E-state index contributed by atoms with van der Waals surface area (Å²) in [6.07, 6.45) is 0.887. The van der Waals surface area contributed by atoms with E-state index in [9.17, 15) is 14.7 Å². The fraction of sp³-hybridized carbons (Fsp3) is 0.208. The molecule has 1 aliphatic rings. The lowest BCUT2D eigenvalue weighted by Gasteiger charge is -2.27. The summed E-state index contributed by atoms with van der Waals surface area (Å²) >= 11 is 1.28. The van der Waals surface area contributed by atoms with Crippen molar-refractivity contribution in [2.75, 3.05) is 4.90 Å². The molecule has 0 aliphatic carbocycles. The molecule has 0 bridgehead atoms. The number of aliphatic hydroxyl groups is 1. The third-order valence-corrected chi connectivity index (χ3v) is 6.37. The van der Waals surface area contributed by atoms with E-state index in [2.05, 4.69) is 11.9 Å². The second-order valence-corrected chi connectivity index (χ2v) is 8.45. The zero-order valence-electron chi connectivity index (χ0n) is 17.0. The molecule has 0 spiro atoms. The highest BCUT2D eigenvalue weighted by Crippen LogP contribution is 2.42. The van der Waals surface area contributed by atoms with Crippen molar-refractivity contribution < 1.29 is 14.7 Å². The second kappa shape index (κ2) is 7.88. The van der Waals surface area contributed by atoms with Crippen LogP contribution < -0.4 is 4.90 Å². The Balaban J connectivity index is 1.88. The van der Waals surface area contributed by atoms with Crippen LogP contribution in [0.15, 0.2) is 65.9 Å². The van der Waals surface area contributed by atoms with Crippen molar-refractivity contribution in [1.82, 2.24) is 4.98 Å². The number of anilines is 1. The Kier molecular flexibility index (Phi) is 5.26. The SMILES string of the molecule is CCc1ccc(C2C(C(=O)c3sc(C)nc3C)=C(O)C(=O)N2c2ccccc2)cc1. The maximum absolute atomic E-state index is 13.5. The average Bonchev–Trinajstić information content (AvgIpc) is 3.24. The number of aryl methyl sites for hydroxylation is 3. The minimum atomic E-state index is -0.708.